The van der Waals surface area contributed by atoms with E-state index in [4.69, 9.17) is 13.8 Å². The number of hydrogen-bond acceptors (Lipinski definition) is 5. The zero-order valence-corrected chi connectivity index (χ0v) is 30.1. The molecule has 0 spiro atoms. The fourth-order valence-corrected chi connectivity index (χ4v) is 9.49. The summed E-state index contributed by atoms with van der Waals surface area (Å²) < 4.78 is 17.9. The van der Waals surface area contributed by atoms with E-state index in [1.165, 1.54) is 30.9 Å². The van der Waals surface area contributed by atoms with Crippen LogP contribution >= 0.6 is 11.3 Å². The molecule has 0 aliphatic heterocycles. The number of benzene rings is 8. The number of aromatic nitrogens is 2. The van der Waals surface area contributed by atoms with Crippen LogP contribution in [0.2, 0.25) is 0 Å². The predicted octanol–water partition coefficient (Wildman–Crippen LogP) is 14.3. The first kappa shape index (κ1) is 30.3. The van der Waals surface area contributed by atoms with Crippen LogP contribution in [0.3, 0.4) is 0 Å². The molecule has 12 rings (SSSR count). The summed E-state index contributed by atoms with van der Waals surface area (Å²) in [7, 11) is 0. The maximum Gasteiger partial charge on any atom is 0.227 e. The Morgan fingerprint density at radius 2 is 1.18 bits per heavy atom. The molecular weight excluding hydrogens is 695 g/mol. The molecule has 6 heteroatoms. The van der Waals surface area contributed by atoms with Gasteiger partial charge < -0.3 is 18.3 Å². The van der Waals surface area contributed by atoms with Gasteiger partial charge in [0.25, 0.3) is 0 Å². The first-order valence-corrected chi connectivity index (χ1v) is 19.2. The van der Waals surface area contributed by atoms with Crippen LogP contribution in [0.4, 0.5) is 17.1 Å². The Labute approximate surface area is 318 Å². The van der Waals surface area contributed by atoms with Gasteiger partial charge >= 0.3 is 0 Å². The van der Waals surface area contributed by atoms with Gasteiger partial charge in [0.15, 0.2) is 5.58 Å². The Bertz CT molecular complexity index is 3450. The fraction of sp³-hybridized carbons (Fsp3) is 0. The summed E-state index contributed by atoms with van der Waals surface area (Å²) in [6, 6.07) is 62.1. The summed E-state index contributed by atoms with van der Waals surface area (Å²) in [4.78, 5) is 7.38. The molecule has 4 aromatic heterocycles. The molecule has 0 fully saturated rings. The number of thiophene rings is 1. The van der Waals surface area contributed by atoms with Gasteiger partial charge in [-0.1, -0.05) is 78.9 Å². The molecule has 0 radical (unpaired) electrons. The molecule has 0 aliphatic rings. The molecule has 0 aliphatic carbocycles. The van der Waals surface area contributed by atoms with Gasteiger partial charge in [-0.3, -0.25) is 0 Å². The number of fused-ring (bicyclic) bond motifs is 11. The molecule has 12 aromatic rings. The lowest BCUT2D eigenvalue weighted by atomic mass is 10.1. The maximum absolute atomic E-state index is 6.66. The minimum Gasteiger partial charge on any atom is -0.456 e. The highest BCUT2D eigenvalue weighted by molar-refractivity contribution is 7.25. The Morgan fingerprint density at radius 3 is 2.07 bits per heavy atom. The minimum absolute atomic E-state index is 0.597. The van der Waals surface area contributed by atoms with Crippen molar-refractivity contribution in [2.45, 2.75) is 0 Å². The normalized spacial score (nSPS) is 12.0. The van der Waals surface area contributed by atoms with E-state index >= 15 is 0 Å². The number of rotatable bonds is 5. The standard InChI is InChI=1S/C49H29N3O2S/c1-3-12-30(13-4-1)49-50-48-42(54-49)26-25-41-47(48)36-24-22-33(29-43(36)53-41)51(32-23-27-45-37(28-32)34-16-8-10-21-44(34)55-45)39-19-11-20-40-46(39)35-17-7-9-18-38(35)52(40)31-14-5-2-6-15-31/h1-29H. The second-order valence-corrected chi connectivity index (χ2v) is 15.0. The van der Waals surface area contributed by atoms with Crippen molar-refractivity contribution in [2.24, 2.45) is 0 Å². The lowest BCUT2D eigenvalue weighted by Gasteiger charge is -2.26. The molecule has 55 heavy (non-hydrogen) atoms. The lowest BCUT2D eigenvalue weighted by Crippen LogP contribution is -2.10. The lowest BCUT2D eigenvalue weighted by molar-refractivity contribution is 0.619. The van der Waals surface area contributed by atoms with Gasteiger partial charge in [-0.05, 0) is 91.0 Å². The highest BCUT2D eigenvalue weighted by atomic mass is 32.1. The van der Waals surface area contributed by atoms with Crippen molar-refractivity contribution in [3.8, 4) is 17.1 Å². The molecule has 0 amide bonds. The van der Waals surface area contributed by atoms with E-state index in [0.29, 0.717) is 5.89 Å². The van der Waals surface area contributed by atoms with E-state index in [1.807, 2.05) is 53.8 Å². The van der Waals surface area contributed by atoms with Crippen molar-refractivity contribution < 1.29 is 8.83 Å². The van der Waals surface area contributed by atoms with Gasteiger partial charge in [0, 0.05) is 65.0 Å². The zero-order chi connectivity index (χ0) is 36.0. The van der Waals surface area contributed by atoms with Crippen LogP contribution < -0.4 is 4.90 Å². The van der Waals surface area contributed by atoms with Gasteiger partial charge in [-0.25, -0.2) is 4.98 Å². The number of furan rings is 1. The van der Waals surface area contributed by atoms with E-state index in [0.717, 1.165) is 72.4 Å². The van der Waals surface area contributed by atoms with Crippen LogP contribution in [0.5, 0.6) is 0 Å². The smallest absolute Gasteiger partial charge is 0.227 e. The molecule has 0 unspecified atom stereocenters. The average Bonchev–Trinajstić information content (AvgIpc) is 4.02. The SMILES string of the molecule is c1ccc(-c2nc3c(ccc4oc5cc(N(c6ccc7sc8ccccc8c7c6)c6cccc7c6c6ccccc6n7-c6ccccc6)ccc5c43)o2)cc1. The summed E-state index contributed by atoms with van der Waals surface area (Å²) in [5.74, 6) is 0.597. The third-order valence-corrected chi connectivity index (χ3v) is 12.0. The minimum atomic E-state index is 0.597. The summed E-state index contributed by atoms with van der Waals surface area (Å²) in [6.07, 6.45) is 0. The second kappa shape index (κ2) is 11.7. The van der Waals surface area contributed by atoms with Crippen molar-refractivity contribution in [1.82, 2.24) is 9.55 Å². The van der Waals surface area contributed by atoms with E-state index < -0.39 is 0 Å². The third-order valence-electron chi connectivity index (χ3n) is 10.8. The van der Waals surface area contributed by atoms with E-state index in [9.17, 15) is 0 Å². The van der Waals surface area contributed by atoms with Crippen molar-refractivity contribution in [3.63, 3.8) is 0 Å². The largest absolute Gasteiger partial charge is 0.456 e. The predicted molar refractivity (Wildman–Crippen MR) is 229 cm³/mol. The average molecular weight is 724 g/mol. The summed E-state index contributed by atoms with van der Waals surface area (Å²) in [5, 5.41) is 6.83. The van der Waals surface area contributed by atoms with E-state index in [2.05, 4.69) is 143 Å². The Hall–Kier alpha value is -7.15. The molecular formula is C49H29N3O2S. The molecule has 0 bridgehead atoms. The summed E-state index contributed by atoms with van der Waals surface area (Å²) in [5.41, 5.74) is 10.6. The Kier molecular flexibility index (Phi) is 6.44. The van der Waals surface area contributed by atoms with Gasteiger partial charge in [0.2, 0.25) is 5.89 Å². The van der Waals surface area contributed by atoms with E-state index in [-0.39, 0.29) is 0 Å². The van der Waals surface area contributed by atoms with E-state index in [1.54, 1.807) is 0 Å². The maximum atomic E-state index is 6.66. The van der Waals surface area contributed by atoms with Gasteiger partial charge in [0.05, 0.1) is 22.1 Å². The molecule has 4 heterocycles. The Morgan fingerprint density at radius 1 is 0.473 bits per heavy atom. The van der Waals surface area contributed by atoms with Crippen LogP contribution in [0.25, 0.3) is 92.2 Å². The van der Waals surface area contributed by atoms with Crippen molar-refractivity contribution in [1.29, 1.82) is 0 Å². The fourth-order valence-electron chi connectivity index (χ4n) is 8.41. The molecule has 0 saturated heterocycles. The van der Waals surface area contributed by atoms with Crippen LogP contribution in [0.1, 0.15) is 0 Å². The molecule has 0 atom stereocenters. The van der Waals surface area contributed by atoms with Crippen molar-refractivity contribution in [3.05, 3.63) is 176 Å². The van der Waals surface area contributed by atoms with Crippen LogP contribution in [0.15, 0.2) is 185 Å². The van der Waals surface area contributed by atoms with Crippen LogP contribution in [-0.4, -0.2) is 9.55 Å². The molecule has 0 saturated carbocycles. The van der Waals surface area contributed by atoms with Gasteiger partial charge in [0.1, 0.15) is 16.7 Å². The zero-order valence-electron chi connectivity index (χ0n) is 29.3. The number of anilines is 3. The molecule has 0 N–H and O–H groups in total. The number of oxazole rings is 1. The Balaban J connectivity index is 1.12. The van der Waals surface area contributed by atoms with Crippen LogP contribution in [-0.2, 0) is 0 Å². The molecule has 5 nitrogen and oxygen atoms in total. The number of para-hydroxylation sites is 2. The second-order valence-electron chi connectivity index (χ2n) is 13.9. The molecule has 8 aromatic carbocycles. The number of nitrogens with zero attached hydrogens (tertiary/aromatic N) is 3. The van der Waals surface area contributed by atoms with Crippen LogP contribution in [0, 0.1) is 0 Å². The quantitative estimate of drug-likeness (QED) is 0.177. The molecule has 258 valence electrons. The monoisotopic (exact) mass is 723 g/mol. The first-order valence-electron chi connectivity index (χ1n) is 18.4. The highest BCUT2D eigenvalue weighted by Crippen LogP contribution is 2.47. The van der Waals surface area contributed by atoms with Gasteiger partial charge in [-0.2, -0.15) is 0 Å². The summed E-state index contributed by atoms with van der Waals surface area (Å²) in [6.45, 7) is 0. The highest BCUT2D eigenvalue weighted by Gasteiger charge is 2.23. The van der Waals surface area contributed by atoms with Gasteiger partial charge in [-0.15, -0.1) is 11.3 Å². The van der Waals surface area contributed by atoms with Crippen molar-refractivity contribution in [2.75, 3.05) is 4.90 Å². The van der Waals surface area contributed by atoms with Crippen molar-refractivity contribution >= 4 is 103 Å². The number of hydrogen-bond donors (Lipinski definition) is 0. The topological polar surface area (TPSA) is 47.3 Å². The third kappa shape index (κ3) is 4.55. The first-order chi connectivity index (χ1) is 27.3. The summed E-state index contributed by atoms with van der Waals surface area (Å²) >= 11 is 1.83.